The van der Waals surface area contributed by atoms with Crippen LogP contribution in [0.3, 0.4) is 0 Å². The molecular formula is C6H9O4P. The first-order chi connectivity index (χ1) is 5.04. The summed E-state index contributed by atoms with van der Waals surface area (Å²) in [5.74, 6) is -1.01. The van der Waals surface area contributed by atoms with Crippen LogP contribution in [0, 0.1) is 0 Å². The van der Waals surface area contributed by atoms with Gasteiger partial charge in [0.05, 0.1) is 0 Å². The van der Waals surface area contributed by atoms with Crippen LogP contribution in [-0.2, 0) is 9.36 Å². The van der Waals surface area contributed by atoms with Crippen molar-refractivity contribution in [2.45, 2.75) is 13.3 Å². The lowest BCUT2D eigenvalue weighted by atomic mass is 10.2. The van der Waals surface area contributed by atoms with Gasteiger partial charge in [-0.05, 0) is 6.92 Å². The zero-order valence-electron chi connectivity index (χ0n) is 6.11. The molecule has 0 amide bonds. The van der Waals surface area contributed by atoms with Gasteiger partial charge in [0.1, 0.15) is 6.16 Å². The topological polar surface area (TPSA) is 77.4 Å². The van der Waals surface area contributed by atoms with Crippen molar-refractivity contribution in [3.05, 3.63) is 11.6 Å². The van der Waals surface area contributed by atoms with E-state index in [-0.39, 0.29) is 18.2 Å². The number of carboxylic acid groups (broad SMARTS) is 1. The summed E-state index contributed by atoms with van der Waals surface area (Å²) in [5, 5.41) is 8.33. The lowest BCUT2D eigenvalue weighted by Gasteiger charge is -1.89. The van der Waals surface area contributed by atoms with E-state index >= 15 is 0 Å². The van der Waals surface area contributed by atoms with Gasteiger partial charge in [-0.15, -0.1) is 0 Å². The van der Waals surface area contributed by atoms with Gasteiger partial charge < -0.3 is 10.00 Å². The highest BCUT2D eigenvalue weighted by Crippen LogP contribution is 2.09. The molecule has 5 heteroatoms. The van der Waals surface area contributed by atoms with Gasteiger partial charge in [0, 0.05) is 12.0 Å². The first-order valence-corrected chi connectivity index (χ1v) is 4.42. The van der Waals surface area contributed by atoms with Crippen LogP contribution in [0.5, 0.6) is 0 Å². The highest BCUT2D eigenvalue weighted by atomic mass is 31.1. The third-order valence-corrected chi connectivity index (χ3v) is 1.72. The van der Waals surface area contributed by atoms with Crippen molar-refractivity contribution in [3.8, 4) is 0 Å². The molecule has 11 heavy (non-hydrogen) atoms. The van der Waals surface area contributed by atoms with Crippen LogP contribution in [0.15, 0.2) is 11.6 Å². The first-order valence-electron chi connectivity index (χ1n) is 3.06. The van der Waals surface area contributed by atoms with Gasteiger partial charge in [0.15, 0.2) is 0 Å². The van der Waals surface area contributed by atoms with Crippen molar-refractivity contribution in [1.82, 2.24) is 0 Å². The molecule has 0 fully saturated rings. The van der Waals surface area contributed by atoms with Gasteiger partial charge in [-0.25, -0.2) is 4.79 Å². The standard InChI is InChI=1S/C6H9O4P/c1-5(6(7)8)3-2-4-11(9)10/h3H,2,4H2,1H3,(H,7,8). The Morgan fingerprint density at radius 1 is 1.73 bits per heavy atom. The van der Waals surface area contributed by atoms with Crippen molar-refractivity contribution in [2.24, 2.45) is 0 Å². The van der Waals surface area contributed by atoms with Crippen molar-refractivity contribution < 1.29 is 19.4 Å². The molecule has 1 N–H and O–H groups in total. The van der Waals surface area contributed by atoms with Gasteiger partial charge >= 0.3 is 14.0 Å². The maximum absolute atomic E-state index is 10.2. The van der Waals surface area contributed by atoms with Gasteiger partial charge in [0.2, 0.25) is 0 Å². The van der Waals surface area contributed by atoms with E-state index in [0.29, 0.717) is 0 Å². The molecule has 0 saturated heterocycles. The number of rotatable bonds is 4. The summed E-state index contributed by atoms with van der Waals surface area (Å²) < 4.78 is 10.0. The Balaban J connectivity index is 3.74. The summed E-state index contributed by atoms with van der Waals surface area (Å²) in [4.78, 5) is 20.2. The molecule has 0 aliphatic rings. The van der Waals surface area contributed by atoms with Gasteiger partial charge in [-0.2, -0.15) is 0 Å². The maximum atomic E-state index is 10.2. The number of hydrogen-bond donors (Lipinski definition) is 1. The second-order valence-corrected chi connectivity index (χ2v) is 3.15. The van der Waals surface area contributed by atoms with E-state index in [1.807, 2.05) is 0 Å². The van der Waals surface area contributed by atoms with Gasteiger partial charge in [0.25, 0.3) is 0 Å². The zero-order valence-corrected chi connectivity index (χ0v) is 7.01. The van der Waals surface area contributed by atoms with Crippen molar-refractivity contribution in [3.63, 3.8) is 0 Å². The molecule has 62 valence electrons. The smallest absolute Gasteiger partial charge is 0.330 e. The van der Waals surface area contributed by atoms with Crippen LogP contribution in [0.1, 0.15) is 13.3 Å². The average Bonchev–Trinajstić information content (AvgIpc) is 1.86. The minimum absolute atomic E-state index is 0.0138. The predicted octanol–water partition coefficient (Wildman–Crippen LogP) is 0.510. The molecule has 0 aliphatic carbocycles. The van der Waals surface area contributed by atoms with Crippen molar-refractivity contribution >= 4 is 14.0 Å². The van der Waals surface area contributed by atoms with E-state index in [1.165, 1.54) is 13.0 Å². The highest BCUT2D eigenvalue weighted by Gasteiger charge is 2.01. The van der Waals surface area contributed by atoms with Crippen LogP contribution in [-0.4, -0.2) is 17.2 Å². The number of allylic oxidation sites excluding steroid dienone is 1. The molecule has 0 saturated carbocycles. The SMILES string of the molecule is CC(=CCC[P+](=O)[O-])C(=O)O. The molecule has 4 nitrogen and oxygen atoms in total. The Hall–Kier alpha value is -0.730. The first kappa shape index (κ1) is 10.3. The third-order valence-electron chi connectivity index (χ3n) is 1.10. The largest absolute Gasteiger partial charge is 0.596 e. The minimum atomic E-state index is -2.39. The quantitative estimate of drug-likeness (QED) is 0.500. The van der Waals surface area contributed by atoms with Crippen molar-refractivity contribution in [2.75, 3.05) is 6.16 Å². The molecule has 0 radical (unpaired) electrons. The van der Waals surface area contributed by atoms with Crippen LogP contribution < -0.4 is 4.89 Å². The number of carboxylic acids is 1. The number of carbonyl (C=O) groups is 1. The van der Waals surface area contributed by atoms with E-state index in [1.54, 1.807) is 0 Å². The van der Waals surface area contributed by atoms with Crippen LogP contribution >= 0.6 is 8.03 Å². The Morgan fingerprint density at radius 2 is 2.27 bits per heavy atom. The number of aliphatic carboxylic acids is 1. The highest BCUT2D eigenvalue weighted by molar-refractivity contribution is 7.36. The lowest BCUT2D eigenvalue weighted by molar-refractivity contribution is -0.164. The third kappa shape index (κ3) is 5.70. The zero-order chi connectivity index (χ0) is 8.85. The molecule has 0 rings (SSSR count). The summed E-state index contributed by atoms with van der Waals surface area (Å²) in [6.07, 6.45) is 1.68. The summed E-state index contributed by atoms with van der Waals surface area (Å²) in [6.45, 7) is 1.43. The molecular weight excluding hydrogens is 167 g/mol. The number of hydrogen-bond acceptors (Lipinski definition) is 3. The van der Waals surface area contributed by atoms with Crippen LogP contribution in [0.25, 0.3) is 0 Å². The molecule has 1 atom stereocenters. The molecule has 0 spiro atoms. The van der Waals surface area contributed by atoms with Crippen LogP contribution in [0.4, 0.5) is 0 Å². The summed E-state index contributed by atoms with van der Waals surface area (Å²) in [5.41, 5.74) is 0.182. The maximum Gasteiger partial charge on any atom is 0.330 e. The fraction of sp³-hybridized carbons (Fsp3) is 0.500. The Bertz CT molecular complexity index is 197. The fourth-order valence-corrected chi connectivity index (χ4v) is 0.814. The van der Waals surface area contributed by atoms with E-state index in [2.05, 4.69) is 0 Å². The summed E-state index contributed by atoms with van der Waals surface area (Å²) in [7, 11) is -2.39. The molecule has 0 aliphatic heterocycles. The molecule has 0 heterocycles. The van der Waals surface area contributed by atoms with Crippen LogP contribution in [0.2, 0.25) is 0 Å². The molecule has 1 unspecified atom stereocenters. The van der Waals surface area contributed by atoms with E-state index in [4.69, 9.17) is 5.11 Å². The fourth-order valence-electron chi connectivity index (χ4n) is 0.474. The monoisotopic (exact) mass is 176 g/mol. The van der Waals surface area contributed by atoms with E-state index < -0.39 is 14.0 Å². The van der Waals surface area contributed by atoms with E-state index in [9.17, 15) is 14.3 Å². The van der Waals surface area contributed by atoms with E-state index in [0.717, 1.165) is 0 Å². The molecule has 0 aromatic heterocycles. The normalized spacial score (nSPS) is 12.9. The van der Waals surface area contributed by atoms with Gasteiger partial charge in [-0.3, -0.25) is 0 Å². The second-order valence-electron chi connectivity index (χ2n) is 2.04. The minimum Gasteiger partial charge on any atom is -0.596 e. The molecule has 0 bridgehead atoms. The second kappa shape index (κ2) is 4.99. The Kier molecular flexibility index (Phi) is 4.66. The summed E-state index contributed by atoms with van der Waals surface area (Å²) in [6, 6.07) is 0. The Morgan fingerprint density at radius 3 is 2.64 bits per heavy atom. The van der Waals surface area contributed by atoms with Gasteiger partial charge in [-0.1, -0.05) is 10.6 Å². The average molecular weight is 176 g/mol. The molecule has 0 aromatic rings. The molecule has 0 aromatic carbocycles. The predicted molar refractivity (Wildman–Crippen MR) is 38.5 cm³/mol. The Labute approximate surface area is 65.4 Å². The lowest BCUT2D eigenvalue weighted by Crippen LogP contribution is -1.96. The van der Waals surface area contributed by atoms with Crippen molar-refractivity contribution in [1.29, 1.82) is 0 Å². The summed E-state index contributed by atoms with van der Waals surface area (Å²) >= 11 is 0.